The molecule has 2 nitrogen and oxygen atoms in total. The second-order valence-electron chi connectivity index (χ2n) is 4.81. The Labute approximate surface area is 110 Å². The van der Waals surface area contributed by atoms with Crippen LogP contribution in [0.25, 0.3) is 10.9 Å². The second-order valence-corrected chi connectivity index (χ2v) is 5.60. The maximum absolute atomic E-state index is 3.71. The first-order chi connectivity index (χ1) is 8.28. The molecular formula is C14H17BrN2. The molecule has 0 amide bonds. The van der Waals surface area contributed by atoms with Gasteiger partial charge in [0.1, 0.15) is 0 Å². The number of hydrogen-bond acceptors (Lipinski definition) is 1. The van der Waals surface area contributed by atoms with E-state index in [4.69, 9.17) is 0 Å². The van der Waals surface area contributed by atoms with Gasteiger partial charge < -0.3 is 10.3 Å². The van der Waals surface area contributed by atoms with E-state index >= 15 is 0 Å². The van der Waals surface area contributed by atoms with Gasteiger partial charge in [0.15, 0.2) is 0 Å². The molecule has 1 aliphatic carbocycles. The fourth-order valence-electron chi connectivity index (χ4n) is 2.14. The van der Waals surface area contributed by atoms with E-state index in [1.54, 1.807) is 0 Å². The van der Waals surface area contributed by atoms with E-state index in [0.29, 0.717) is 0 Å². The summed E-state index contributed by atoms with van der Waals surface area (Å²) in [5, 5.41) is 4.84. The molecule has 0 saturated heterocycles. The Kier molecular flexibility index (Phi) is 2.97. The van der Waals surface area contributed by atoms with Crippen LogP contribution in [-0.4, -0.2) is 11.0 Å². The highest BCUT2D eigenvalue weighted by Crippen LogP contribution is 2.29. The van der Waals surface area contributed by atoms with Crippen molar-refractivity contribution >= 4 is 26.8 Å². The number of halogens is 1. The molecule has 1 aliphatic rings. The summed E-state index contributed by atoms with van der Waals surface area (Å²) in [5.41, 5.74) is 3.88. The van der Waals surface area contributed by atoms with E-state index in [0.717, 1.165) is 19.0 Å². The molecule has 0 radical (unpaired) electrons. The van der Waals surface area contributed by atoms with Crippen LogP contribution in [0.2, 0.25) is 0 Å². The Morgan fingerprint density at radius 3 is 2.94 bits per heavy atom. The average molecular weight is 293 g/mol. The number of H-pyrrole nitrogens is 1. The highest BCUT2D eigenvalue weighted by atomic mass is 79.9. The van der Waals surface area contributed by atoms with Gasteiger partial charge in [-0.05, 0) is 52.9 Å². The molecule has 90 valence electrons. The molecular weight excluding hydrogens is 276 g/mol. The molecule has 2 aromatic rings. The van der Waals surface area contributed by atoms with E-state index in [-0.39, 0.29) is 0 Å². The van der Waals surface area contributed by atoms with Crippen molar-refractivity contribution in [3.63, 3.8) is 0 Å². The highest BCUT2D eigenvalue weighted by molar-refractivity contribution is 9.10. The van der Waals surface area contributed by atoms with Crippen molar-refractivity contribution in [3.8, 4) is 0 Å². The molecule has 0 bridgehead atoms. The molecule has 1 fully saturated rings. The SMILES string of the molecule is CCc1ccc2[nH]c(CNC3CC3)c(Br)c2c1. The Bertz CT molecular complexity index is 540. The molecule has 0 atom stereocenters. The van der Waals surface area contributed by atoms with E-state index in [1.807, 2.05) is 0 Å². The average Bonchev–Trinajstić information content (AvgIpc) is 3.13. The van der Waals surface area contributed by atoms with Crippen LogP contribution < -0.4 is 5.32 Å². The van der Waals surface area contributed by atoms with Gasteiger partial charge in [0, 0.05) is 33.7 Å². The monoisotopic (exact) mass is 292 g/mol. The molecule has 17 heavy (non-hydrogen) atoms. The Morgan fingerprint density at radius 1 is 1.41 bits per heavy atom. The van der Waals surface area contributed by atoms with Gasteiger partial charge in [0.2, 0.25) is 0 Å². The smallest absolute Gasteiger partial charge is 0.0474 e. The quantitative estimate of drug-likeness (QED) is 0.883. The van der Waals surface area contributed by atoms with Crippen LogP contribution in [0.15, 0.2) is 22.7 Å². The fraction of sp³-hybridized carbons (Fsp3) is 0.429. The van der Waals surface area contributed by atoms with Crippen LogP contribution >= 0.6 is 15.9 Å². The summed E-state index contributed by atoms with van der Waals surface area (Å²) in [7, 11) is 0. The van der Waals surface area contributed by atoms with Gasteiger partial charge in [-0.3, -0.25) is 0 Å². The van der Waals surface area contributed by atoms with Gasteiger partial charge in [-0.25, -0.2) is 0 Å². The van der Waals surface area contributed by atoms with Crippen molar-refractivity contribution in [2.45, 2.75) is 38.8 Å². The first-order valence-corrected chi connectivity index (χ1v) is 7.09. The first-order valence-electron chi connectivity index (χ1n) is 6.30. The normalized spacial score (nSPS) is 15.6. The number of nitrogens with one attached hydrogen (secondary N) is 2. The van der Waals surface area contributed by atoms with Gasteiger partial charge >= 0.3 is 0 Å². The Hall–Kier alpha value is -0.800. The van der Waals surface area contributed by atoms with Crippen LogP contribution in [0.1, 0.15) is 31.0 Å². The number of fused-ring (bicyclic) bond motifs is 1. The number of benzene rings is 1. The van der Waals surface area contributed by atoms with Crippen LogP contribution in [0, 0.1) is 0 Å². The van der Waals surface area contributed by atoms with Crippen molar-refractivity contribution < 1.29 is 0 Å². The predicted molar refractivity (Wildman–Crippen MR) is 75.2 cm³/mol. The number of hydrogen-bond donors (Lipinski definition) is 2. The third-order valence-electron chi connectivity index (χ3n) is 3.42. The lowest BCUT2D eigenvalue weighted by Gasteiger charge is -2.00. The molecule has 1 heterocycles. The molecule has 3 rings (SSSR count). The van der Waals surface area contributed by atoms with Crippen LogP contribution in [-0.2, 0) is 13.0 Å². The van der Waals surface area contributed by atoms with Gasteiger partial charge in [0.05, 0.1) is 0 Å². The summed E-state index contributed by atoms with van der Waals surface area (Å²) in [4.78, 5) is 3.49. The lowest BCUT2D eigenvalue weighted by Crippen LogP contribution is -2.15. The summed E-state index contributed by atoms with van der Waals surface area (Å²) in [5.74, 6) is 0. The maximum Gasteiger partial charge on any atom is 0.0474 e. The number of aryl methyl sites for hydroxylation is 1. The van der Waals surface area contributed by atoms with E-state index < -0.39 is 0 Å². The summed E-state index contributed by atoms with van der Waals surface area (Å²) in [6, 6.07) is 7.40. The molecule has 1 aromatic heterocycles. The van der Waals surface area contributed by atoms with Gasteiger partial charge in [-0.1, -0.05) is 13.0 Å². The molecule has 0 aliphatic heterocycles. The number of aromatic amines is 1. The molecule has 0 unspecified atom stereocenters. The summed E-state index contributed by atoms with van der Waals surface area (Å²) < 4.78 is 1.22. The third kappa shape index (κ3) is 2.26. The molecule has 3 heteroatoms. The van der Waals surface area contributed by atoms with Crippen molar-refractivity contribution in [2.75, 3.05) is 0 Å². The highest BCUT2D eigenvalue weighted by Gasteiger charge is 2.21. The largest absolute Gasteiger partial charge is 0.356 e. The molecule has 2 N–H and O–H groups in total. The standard InChI is InChI=1S/C14H17BrN2/c1-2-9-3-6-12-11(7-9)14(15)13(17-12)8-16-10-4-5-10/h3,6-7,10,16-17H,2,4-5,8H2,1H3. The summed E-state index contributed by atoms with van der Waals surface area (Å²) in [6.45, 7) is 3.12. The number of rotatable bonds is 4. The van der Waals surface area contributed by atoms with Crippen molar-refractivity contribution in [1.29, 1.82) is 0 Å². The van der Waals surface area contributed by atoms with Crippen LogP contribution in [0.3, 0.4) is 0 Å². The van der Waals surface area contributed by atoms with Crippen molar-refractivity contribution in [1.82, 2.24) is 10.3 Å². The van der Waals surface area contributed by atoms with Gasteiger partial charge in [-0.15, -0.1) is 0 Å². The van der Waals surface area contributed by atoms with E-state index in [1.165, 1.54) is 39.5 Å². The van der Waals surface area contributed by atoms with Crippen LogP contribution in [0.4, 0.5) is 0 Å². The van der Waals surface area contributed by atoms with Crippen molar-refractivity contribution in [3.05, 3.63) is 33.9 Å². The minimum absolute atomic E-state index is 0.750. The minimum Gasteiger partial charge on any atom is -0.356 e. The van der Waals surface area contributed by atoms with Crippen molar-refractivity contribution in [2.24, 2.45) is 0 Å². The second kappa shape index (κ2) is 4.46. The Morgan fingerprint density at radius 2 is 2.24 bits per heavy atom. The van der Waals surface area contributed by atoms with Crippen LogP contribution in [0.5, 0.6) is 0 Å². The van der Waals surface area contributed by atoms with Gasteiger partial charge in [-0.2, -0.15) is 0 Å². The molecule has 0 spiro atoms. The summed E-state index contributed by atoms with van der Waals surface area (Å²) in [6.07, 6.45) is 3.75. The predicted octanol–water partition coefficient (Wildman–Crippen LogP) is 3.74. The van der Waals surface area contributed by atoms with Gasteiger partial charge in [0.25, 0.3) is 0 Å². The zero-order chi connectivity index (χ0) is 11.8. The zero-order valence-electron chi connectivity index (χ0n) is 10.0. The minimum atomic E-state index is 0.750. The van der Waals surface area contributed by atoms with E-state index in [9.17, 15) is 0 Å². The first kappa shape index (κ1) is 11.3. The number of aromatic nitrogens is 1. The zero-order valence-corrected chi connectivity index (χ0v) is 11.6. The molecule has 1 aromatic carbocycles. The van der Waals surface area contributed by atoms with E-state index in [2.05, 4.69) is 51.4 Å². The molecule has 1 saturated carbocycles. The Balaban J connectivity index is 1.92. The third-order valence-corrected chi connectivity index (χ3v) is 4.33. The topological polar surface area (TPSA) is 27.8 Å². The fourth-order valence-corrected chi connectivity index (χ4v) is 2.70. The lowest BCUT2D eigenvalue weighted by atomic mass is 10.1. The lowest BCUT2D eigenvalue weighted by molar-refractivity contribution is 0.676. The maximum atomic E-state index is 3.71. The summed E-state index contributed by atoms with van der Waals surface area (Å²) >= 11 is 3.71.